The van der Waals surface area contributed by atoms with Crippen molar-refractivity contribution in [2.45, 2.75) is 24.4 Å². The van der Waals surface area contributed by atoms with Crippen molar-refractivity contribution < 1.29 is 9.90 Å². The average Bonchev–Trinajstić information content (AvgIpc) is 3.04. The highest BCUT2D eigenvalue weighted by molar-refractivity contribution is 7.99. The van der Waals surface area contributed by atoms with Gasteiger partial charge in [0.1, 0.15) is 0 Å². The van der Waals surface area contributed by atoms with E-state index >= 15 is 0 Å². The van der Waals surface area contributed by atoms with Crippen LogP contribution in [0.15, 0.2) is 35.7 Å². The Hall–Kier alpha value is -1.75. The number of hydrogen-bond acceptors (Lipinski definition) is 3. The molecule has 1 N–H and O–H groups in total. The zero-order valence-electron chi connectivity index (χ0n) is 10.4. The maximum absolute atomic E-state index is 10.6. The third-order valence-electron chi connectivity index (χ3n) is 3.29. The number of imidazole rings is 1. The van der Waals surface area contributed by atoms with Gasteiger partial charge in [0, 0.05) is 18.1 Å². The molecule has 1 aliphatic rings. The standard InChI is InChI=1S/C14H14N2O2S/c17-13(18)9-19-14-15-6-7-16(14)12-5-4-10-2-1-3-11(10)8-12/h4-8H,1-3,9H2,(H,17,18). The number of aromatic nitrogens is 2. The monoisotopic (exact) mass is 274 g/mol. The molecule has 0 saturated carbocycles. The van der Waals surface area contributed by atoms with Crippen molar-refractivity contribution in [3.05, 3.63) is 41.7 Å². The summed E-state index contributed by atoms with van der Waals surface area (Å²) >= 11 is 1.24. The Kier molecular flexibility index (Phi) is 3.29. The third kappa shape index (κ3) is 2.51. The van der Waals surface area contributed by atoms with Crippen LogP contribution in [0, 0.1) is 0 Å². The first kappa shape index (κ1) is 12.3. The fourth-order valence-corrected chi connectivity index (χ4v) is 3.12. The van der Waals surface area contributed by atoms with Gasteiger partial charge in [0.05, 0.1) is 5.75 Å². The largest absolute Gasteiger partial charge is 0.481 e. The lowest BCUT2D eigenvalue weighted by molar-refractivity contribution is -0.133. The van der Waals surface area contributed by atoms with Crippen molar-refractivity contribution in [3.8, 4) is 5.69 Å². The van der Waals surface area contributed by atoms with Crippen molar-refractivity contribution in [2.75, 3.05) is 5.75 Å². The minimum absolute atomic E-state index is 0.0297. The van der Waals surface area contributed by atoms with Crippen LogP contribution in [0.2, 0.25) is 0 Å². The van der Waals surface area contributed by atoms with Crippen LogP contribution in [0.25, 0.3) is 5.69 Å². The van der Waals surface area contributed by atoms with Crippen molar-refractivity contribution >= 4 is 17.7 Å². The fraction of sp³-hybridized carbons (Fsp3) is 0.286. The molecule has 3 rings (SSSR count). The van der Waals surface area contributed by atoms with Gasteiger partial charge in [-0.1, -0.05) is 17.8 Å². The summed E-state index contributed by atoms with van der Waals surface area (Å²) in [5.41, 5.74) is 3.90. The van der Waals surface area contributed by atoms with Gasteiger partial charge in [-0.3, -0.25) is 9.36 Å². The van der Waals surface area contributed by atoms with E-state index in [2.05, 4.69) is 23.2 Å². The van der Waals surface area contributed by atoms with Gasteiger partial charge < -0.3 is 5.11 Å². The number of rotatable bonds is 4. The Labute approximate surface area is 115 Å². The number of aliphatic carboxylic acids is 1. The van der Waals surface area contributed by atoms with E-state index in [0.717, 1.165) is 17.3 Å². The summed E-state index contributed by atoms with van der Waals surface area (Å²) in [5.74, 6) is -0.796. The normalized spacial score (nSPS) is 13.5. The maximum Gasteiger partial charge on any atom is 0.313 e. The number of benzene rings is 1. The molecule has 0 unspecified atom stereocenters. The molecule has 19 heavy (non-hydrogen) atoms. The number of thioether (sulfide) groups is 1. The summed E-state index contributed by atoms with van der Waals surface area (Å²) in [6.45, 7) is 0. The highest BCUT2D eigenvalue weighted by Crippen LogP contribution is 2.26. The molecule has 1 aromatic heterocycles. The van der Waals surface area contributed by atoms with Crippen molar-refractivity contribution in [2.24, 2.45) is 0 Å². The molecule has 0 bridgehead atoms. The lowest BCUT2D eigenvalue weighted by atomic mass is 10.1. The van der Waals surface area contributed by atoms with E-state index in [-0.39, 0.29) is 5.75 Å². The lowest BCUT2D eigenvalue weighted by Gasteiger charge is -2.08. The quantitative estimate of drug-likeness (QED) is 0.870. The molecule has 0 aliphatic heterocycles. The number of aryl methyl sites for hydroxylation is 2. The minimum atomic E-state index is -0.825. The molecule has 0 fully saturated rings. The Balaban J connectivity index is 1.90. The van der Waals surface area contributed by atoms with Crippen LogP contribution >= 0.6 is 11.8 Å². The SMILES string of the molecule is O=C(O)CSc1nccn1-c1ccc2c(c1)CCC2. The topological polar surface area (TPSA) is 55.1 Å². The minimum Gasteiger partial charge on any atom is -0.481 e. The van der Waals surface area contributed by atoms with Crippen LogP contribution in [0.1, 0.15) is 17.5 Å². The molecule has 2 aromatic rings. The van der Waals surface area contributed by atoms with E-state index < -0.39 is 5.97 Å². The molecule has 1 aromatic carbocycles. The van der Waals surface area contributed by atoms with Gasteiger partial charge in [0.15, 0.2) is 5.16 Å². The summed E-state index contributed by atoms with van der Waals surface area (Å²) in [5, 5.41) is 9.47. The van der Waals surface area contributed by atoms with Crippen molar-refractivity contribution in [1.82, 2.24) is 9.55 Å². The third-order valence-corrected chi connectivity index (χ3v) is 4.24. The Bertz CT molecular complexity index is 622. The lowest BCUT2D eigenvalue weighted by Crippen LogP contribution is -2.01. The van der Waals surface area contributed by atoms with Gasteiger partial charge in [-0.05, 0) is 42.5 Å². The molecule has 1 heterocycles. The van der Waals surface area contributed by atoms with Gasteiger partial charge in [-0.15, -0.1) is 0 Å². The van der Waals surface area contributed by atoms with Crippen LogP contribution in [0.5, 0.6) is 0 Å². The Morgan fingerprint density at radius 1 is 1.37 bits per heavy atom. The first-order chi connectivity index (χ1) is 9.24. The molecule has 5 heteroatoms. The second-order valence-corrected chi connectivity index (χ2v) is 5.51. The van der Waals surface area contributed by atoms with E-state index in [1.54, 1.807) is 6.20 Å². The second kappa shape index (κ2) is 5.09. The molecule has 98 valence electrons. The highest BCUT2D eigenvalue weighted by Gasteiger charge is 2.13. The zero-order chi connectivity index (χ0) is 13.2. The summed E-state index contributed by atoms with van der Waals surface area (Å²) in [7, 11) is 0. The number of carboxylic acid groups (broad SMARTS) is 1. The second-order valence-electron chi connectivity index (χ2n) is 4.57. The number of hydrogen-bond donors (Lipinski definition) is 1. The first-order valence-electron chi connectivity index (χ1n) is 6.24. The van der Waals surface area contributed by atoms with Crippen LogP contribution < -0.4 is 0 Å². The number of fused-ring (bicyclic) bond motifs is 1. The number of nitrogens with zero attached hydrogens (tertiary/aromatic N) is 2. The molecule has 0 spiro atoms. The smallest absolute Gasteiger partial charge is 0.313 e. The van der Waals surface area contributed by atoms with E-state index in [9.17, 15) is 4.79 Å². The van der Waals surface area contributed by atoms with Gasteiger partial charge in [-0.25, -0.2) is 4.98 Å². The van der Waals surface area contributed by atoms with Crippen LogP contribution in [-0.2, 0) is 17.6 Å². The zero-order valence-corrected chi connectivity index (χ0v) is 11.2. The molecule has 0 amide bonds. The summed E-state index contributed by atoms with van der Waals surface area (Å²) in [6, 6.07) is 6.44. The van der Waals surface area contributed by atoms with E-state index in [0.29, 0.717) is 0 Å². The molecular formula is C14H14N2O2S. The van der Waals surface area contributed by atoms with Crippen molar-refractivity contribution in [3.63, 3.8) is 0 Å². The summed E-state index contributed by atoms with van der Waals surface area (Å²) in [6.07, 6.45) is 7.11. The van der Waals surface area contributed by atoms with Crippen LogP contribution in [-0.4, -0.2) is 26.4 Å². The number of carbonyl (C=O) groups is 1. The predicted molar refractivity (Wildman–Crippen MR) is 73.9 cm³/mol. The van der Waals surface area contributed by atoms with Gasteiger partial charge in [-0.2, -0.15) is 0 Å². The first-order valence-corrected chi connectivity index (χ1v) is 7.23. The van der Waals surface area contributed by atoms with E-state index in [1.807, 2.05) is 10.8 Å². The molecule has 0 atom stereocenters. The highest BCUT2D eigenvalue weighted by atomic mass is 32.2. The summed E-state index contributed by atoms with van der Waals surface area (Å²) < 4.78 is 1.95. The van der Waals surface area contributed by atoms with Crippen LogP contribution in [0.3, 0.4) is 0 Å². The molecule has 0 saturated heterocycles. The molecule has 4 nitrogen and oxygen atoms in total. The molecule has 1 aliphatic carbocycles. The Morgan fingerprint density at radius 2 is 2.21 bits per heavy atom. The summed E-state index contributed by atoms with van der Waals surface area (Å²) in [4.78, 5) is 14.9. The molecule has 0 radical (unpaired) electrons. The van der Waals surface area contributed by atoms with E-state index in [4.69, 9.17) is 5.11 Å². The van der Waals surface area contributed by atoms with Gasteiger partial charge in [0.25, 0.3) is 0 Å². The van der Waals surface area contributed by atoms with Gasteiger partial charge >= 0.3 is 5.97 Å². The molecular weight excluding hydrogens is 260 g/mol. The maximum atomic E-state index is 10.6. The number of carboxylic acids is 1. The predicted octanol–water partition coefficient (Wildman–Crippen LogP) is 2.54. The van der Waals surface area contributed by atoms with Gasteiger partial charge in [0.2, 0.25) is 0 Å². The van der Waals surface area contributed by atoms with Crippen LogP contribution in [0.4, 0.5) is 0 Å². The van der Waals surface area contributed by atoms with Crippen molar-refractivity contribution in [1.29, 1.82) is 0 Å². The average molecular weight is 274 g/mol. The van der Waals surface area contributed by atoms with E-state index in [1.165, 1.54) is 35.7 Å². The Morgan fingerprint density at radius 3 is 3.05 bits per heavy atom. The fourth-order valence-electron chi connectivity index (χ4n) is 2.43.